The number of carbonyl (C=O) groups is 1. The van der Waals surface area contributed by atoms with Crippen LogP contribution in [0.3, 0.4) is 0 Å². The zero-order valence-corrected chi connectivity index (χ0v) is 16.7. The van der Waals surface area contributed by atoms with E-state index in [4.69, 9.17) is 0 Å². The lowest BCUT2D eigenvalue weighted by molar-refractivity contribution is -0.133. The van der Waals surface area contributed by atoms with E-state index in [1.54, 1.807) is 24.3 Å². The second kappa shape index (κ2) is 8.35. The lowest BCUT2D eigenvalue weighted by atomic mass is 9.80. The van der Waals surface area contributed by atoms with E-state index in [0.717, 1.165) is 44.9 Å². The van der Waals surface area contributed by atoms with Crippen LogP contribution >= 0.6 is 0 Å². The number of aromatic amines is 1. The van der Waals surface area contributed by atoms with Crippen molar-refractivity contribution < 1.29 is 4.79 Å². The van der Waals surface area contributed by atoms with Gasteiger partial charge in [0.1, 0.15) is 11.2 Å². The molecule has 0 aliphatic heterocycles. The van der Waals surface area contributed by atoms with Crippen LogP contribution in [0.4, 0.5) is 0 Å². The molecule has 2 aliphatic carbocycles. The molecule has 7 heteroatoms. The van der Waals surface area contributed by atoms with Crippen molar-refractivity contribution in [2.24, 2.45) is 0 Å². The van der Waals surface area contributed by atoms with Crippen LogP contribution in [0.15, 0.2) is 39.9 Å². The van der Waals surface area contributed by atoms with Crippen molar-refractivity contribution in [3.05, 3.63) is 51.2 Å². The normalized spacial score (nSPS) is 19.6. The molecule has 0 spiro atoms. The lowest BCUT2D eigenvalue weighted by Gasteiger charge is -2.38. The molecule has 154 valence electrons. The molecule has 2 aromatic rings. The van der Waals surface area contributed by atoms with Crippen LogP contribution in [-0.2, 0) is 10.3 Å². The van der Waals surface area contributed by atoms with E-state index in [-0.39, 0.29) is 17.6 Å². The minimum atomic E-state index is -1.06. The molecule has 0 atom stereocenters. The van der Waals surface area contributed by atoms with Crippen LogP contribution in [0.1, 0.15) is 64.2 Å². The Bertz CT molecular complexity index is 968. The molecule has 2 aliphatic rings. The molecule has 1 amide bonds. The first-order valence-corrected chi connectivity index (χ1v) is 10.7. The molecule has 2 fully saturated rings. The van der Waals surface area contributed by atoms with Crippen LogP contribution in [0, 0.1) is 0 Å². The van der Waals surface area contributed by atoms with E-state index in [9.17, 15) is 14.4 Å². The highest BCUT2D eigenvalue weighted by atomic mass is 16.2. The molecule has 0 bridgehead atoms. The average molecular weight is 396 g/mol. The van der Waals surface area contributed by atoms with Crippen molar-refractivity contribution in [3.8, 4) is 11.3 Å². The largest absolute Gasteiger partial charge is 0.360 e. The maximum Gasteiger partial charge on any atom is 0.360 e. The third kappa shape index (κ3) is 3.91. The molecular weight excluding hydrogens is 368 g/mol. The number of hydrogen-bond acceptors (Lipinski definition) is 4. The molecule has 1 heterocycles. The molecule has 4 rings (SSSR count). The van der Waals surface area contributed by atoms with Gasteiger partial charge in [-0.2, -0.15) is 4.98 Å². The summed E-state index contributed by atoms with van der Waals surface area (Å²) in [5, 5.41) is 5.78. The maximum atomic E-state index is 13.5. The lowest BCUT2D eigenvalue weighted by Crippen LogP contribution is -2.58. The Morgan fingerprint density at radius 3 is 2.34 bits per heavy atom. The summed E-state index contributed by atoms with van der Waals surface area (Å²) >= 11 is 0. The Morgan fingerprint density at radius 1 is 1.00 bits per heavy atom. The zero-order chi connectivity index (χ0) is 20.3. The highest BCUT2D eigenvalue weighted by Gasteiger charge is 2.44. The van der Waals surface area contributed by atoms with Crippen LogP contribution in [0.25, 0.3) is 11.3 Å². The van der Waals surface area contributed by atoms with Crippen molar-refractivity contribution in [1.82, 2.24) is 20.1 Å². The summed E-state index contributed by atoms with van der Waals surface area (Å²) in [6.07, 6.45) is 9.16. The third-order valence-electron chi connectivity index (χ3n) is 6.35. The summed E-state index contributed by atoms with van der Waals surface area (Å²) in [6.45, 7) is 0. The fourth-order valence-electron chi connectivity index (χ4n) is 4.77. The van der Waals surface area contributed by atoms with Gasteiger partial charge < -0.3 is 5.32 Å². The second-order valence-electron chi connectivity index (χ2n) is 8.28. The summed E-state index contributed by atoms with van der Waals surface area (Å²) < 4.78 is 1.28. The first-order chi connectivity index (χ1) is 14.1. The van der Waals surface area contributed by atoms with Crippen molar-refractivity contribution in [2.75, 3.05) is 0 Å². The monoisotopic (exact) mass is 396 g/mol. The number of hydrogen-bond donors (Lipinski definition) is 2. The predicted molar refractivity (Wildman–Crippen MR) is 111 cm³/mol. The van der Waals surface area contributed by atoms with Gasteiger partial charge in [-0.25, -0.2) is 14.6 Å². The minimum Gasteiger partial charge on any atom is -0.351 e. The number of amides is 1. The van der Waals surface area contributed by atoms with E-state index < -0.39 is 16.8 Å². The molecule has 0 saturated heterocycles. The van der Waals surface area contributed by atoms with Crippen molar-refractivity contribution in [2.45, 2.75) is 75.8 Å². The highest BCUT2D eigenvalue weighted by Crippen LogP contribution is 2.34. The first-order valence-electron chi connectivity index (χ1n) is 10.7. The van der Waals surface area contributed by atoms with Gasteiger partial charge >= 0.3 is 5.69 Å². The van der Waals surface area contributed by atoms with Gasteiger partial charge in [0.05, 0.1) is 0 Å². The average Bonchev–Trinajstić information content (AvgIpc) is 2.77. The summed E-state index contributed by atoms with van der Waals surface area (Å²) in [4.78, 5) is 43.2. The summed E-state index contributed by atoms with van der Waals surface area (Å²) in [7, 11) is 0. The Hall–Kier alpha value is -2.70. The predicted octanol–water partition coefficient (Wildman–Crippen LogP) is 2.71. The highest BCUT2D eigenvalue weighted by molar-refractivity contribution is 5.84. The molecule has 2 saturated carbocycles. The van der Waals surface area contributed by atoms with Crippen LogP contribution < -0.4 is 16.6 Å². The standard InChI is InChI=1S/C22H28N4O3/c27-19-18(16-10-4-1-5-11-16)24-21(29)25-26(19)22(14-8-3-9-15-22)20(28)23-17-12-6-2-7-13-17/h1,4-5,10-11,17H,2-3,6-9,12-15H2,(H,23,28)(H,25,29). The Kier molecular flexibility index (Phi) is 5.65. The van der Waals surface area contributed by atoms with Gasteiger partial charge in [-0.1, -0.05) is 68.9 Å². The fraction of sp³-hybridized carbons (Fsp3) is 0.545. The topological polar surface area (TPSA) is 96.8 Å². The van der Waals surface area contributed by atoms with Gasteiger partial charge in [0, 0.05) is 11.6 Å². The van der Waals surface area contributed by atoms with E-state index in [1.807, 2.05) is 6.07 Å². The minimum absolute atomic E-state index is 0.0877. The number of nitrogens with zero attached hydrogens (tertiary/aromatic N) is 2. The number of carbonyl (C=O) groups excluding carboxylic acids is 1. The Morgan fingerprint density at radius 2 is 1.66 bits per heavy atom. The Labute approximate surface area is 169 Å². The maximum absolute atomic E-state index is 13.5. The van der Waals surface area contributed by atoms with Gasteiger partial charge in [-0.3, -0.25) is 9.59 Å². The van der Waals surface area contributed by atoms with Crippen molar-refractivity contribution >= 4 is 5.91 Å². The van der Waals surface area contributed by atoms with Gasteiger partial charge in [0.15, 0.2) is 0 Å². The smallest absolute Gasteiger partial charge is 0.351 e. The molecular formula is C22H28N4O3. The SMILES string of the molecule is O=C(NC1CCCCC1)C1(n2[nH]c(=O)nc(-c3ccccc3)c2=O)CCCCC1. The molecule has 1 aromatic heterocycles. The van der Waals surface area contributed by atoms with Crippen LogP contribution in [-0.4, -0.2) is 26.7 Å². The van der Waals surface area contributed by atoms with Crippen molar-refractivity contribution in [1.29, 1.82) is 0 Å². The quantitative estimate of drug-likeness (QED) is 0.830. The summed E-state index contributed by atoms with van der Waals surface area (Å²) in [5.41, 5.74) is -1.42. The van der Waals surface area contributed by atoms with Crippen molar-refractivity contribution in [3.63, 3.8) is 0 Å². The van der Waals surface area contributed by atoms with Gasteiger partial charge in [-0.05, 0) is 25.7 Å². The molecule has 0 radical (unpaired) electrons. The number of rotatable bonds is 4. The Balaban J connectivity index is 1.77. The molecule has 0 unspecified atom stereocenters. The van der Waals surface area contributed by atoms with E-state index >= 15 is 0 Å². The number of benzene rings is 1. The molecule has 1 aromatic carbocycles. The van der Waals surface area contributed by atoms with Crippen LogP contribution in [0.5, 0.6) is 0 Å². The second-order valence-corrected chi connectivity index (χ2v) is 8.28. The fourth-order valence-corrected chi connectivity index (χ4v) is 4.77. The zero-order valence-electron chi connectivity index (χ0n) is 16.7. The third-order valence-corrected chi connectivity index (χ3v) is 6.35. The van der Waals surface area contributed by atoms with Gasteiger partial charge in [-0.15, -0.1) is 0 Å². The number of aromatic nitrogens is 3. The van der Waals surface area contributed by atoms with Gasteiger partial charge in [0.25, 0.3) is 5.56 Å². The number of H-pyrrole nitrogens is 1. The first kappa shape index (κ1) is 19.6. The number of nitrogens with one attached hydrogen (secondary N) is 2. The molecule has 2 N–H and O–H groups in total. The van der Waals surface area contributed by atoms with E-state index in [2.05, 4.69) is 15.4 Å². The summed E-state index contributed by atoms with van der Waals surface area (Å²) in [6, 6.07) is 9.09. The molecule has 7 nitrogen and oxygen atoms in total. The van der Waals surface area contributed by atoms with Gasteiger partial charge in [0.2, 0.25) is 5.91 Å². The van der Waals surface area contributed by atoms with E-state index in [0.29, 0.717) is 18.4 Å². The van der Waals surface area contributed by atoms with E-state index in [1.165, 1.54) is 11.1 Å². The molecule has 29 heavy (non-hydrogen) atoms. The van der Waals surface area contributed by atoms with Crippen LogP contribution in [0.2, 0.25) is 0 Å². The summed E-state index contributed by atoms with van der Waals surface area (Å²) in [5.74, 6) is -0.146.